The fourth-order valence-corrected chi connectivity index (χ4v) is 3.64. The first-order valence-electron chi connectivity index (χ1n) is 10.6. The summed E-state index contributed by atoms with van der Waals surface area (Å²) in [5.41, 5.74) is 2.42. The van der Waals surface area contributed by atoms with E-state index in [1.165, 1.54) is 0 Å². The van der Waals surface area contributed by atoms with E-state index in [-0.39, 0.29) is 18.3 Å². The van der Waals surface area contributed by atoms with Gasteiger partial charge in [0.25, 0.3) is 0 Å². The highest BCUT2D eigenvalue weighted by Gasteiger charge is 2.32. The van der Waals surface area contributed by atoms with Gasteiger partial charge in [-0.05, 0) is 69.2 Å². The Morgan fingerprint density at radius 2 is 2.13 bits per heavy atom. The van der Waals surface area contributed by atoms with Crippen molar-refractivity contribution in [2.75, 3.05) is 19.7 Å². The Morgan fingerprint density at radius 3 is 2.87 bits per heavy atom. The molecule has 0 saturated carbocycles. The predicted molar refractivity (Wildman–Crippen MR) is 119 cm³/mol. The molecule has 0 spiro atoms. The lowest BCUT2D eigenvalue weighted by Crippen LogP contribution is -2.51. The van der Waals surface area contributed by atoms with Crippen LogP contribution in [0.1, 0.15) is 27.7 Å². The summed E-state index contributed by atoms with van der Waals surface area (Å²) in [5.74, 6) is 0.743. The summed E-state index contributed by atoms with van der Waals surface area (Å²) < 4.78 is 17.8. The minimum atomic E-state index is -0.530. The normalized spacial score (nSPS) is 18.1. The number of carbonyl (C=O) groups excluding carboxylic acids is 1. The monoisotopic (exact) mass is 423 g/mol. The molecule has 2 aromatic heterocycles. The van der Waals surface area contributed by atoms with Gasteiger partial charge in [-0.1, -0.05) is 0 Å². The molecule has 31 heavy (non-hydrogen) atoms. The summed E-state index contributed by atoms with van der Waals surface area (Å²) in [6.07, 6.45) is 4.76. The van der Waals surface area contributed by atoms with Crippen molar-refractivity contribution in [1.82, 2.24) is 14.9 Å². The molecule has 1 aromatic carbocycles. The molecule has 4 rings (SSSR count). The summed E-state index contributed by atoms with van der Waals surface area (Å²) in [6, 6.07) is 9.99. The summed E-state index contributed by atoms with van der Waals surface area (Å²) in [5, 5.41) is 0.938. The number of rotatable bonds is 4. The zero-order valence-electron chi connectivity index (χ0n) is 18.4. The van der Waals surface area contributed by atoms with Crippen LogP contribution in [0.15, 0.2) is 48.9 Å². The van der Waals surface area contributed by atoms with Crippen molar-refractivity contribution in [1.29, 1.82) is 0 Å². The lowest BCUT2D eigenvalue weighted by Gasteiger charge is -2.36. The summed E-state index contributed by atoms with van der Waals surface area (Å²) in [7, 11) is 0. The molecule has 0 unspecified atom stereocenters. The molecular weight excluding hydrogens is 394 g/mol. The molecule has 3 aromatic rings. The van der Waals surface area contributed by atoms with Gasteiger partial charge in [-0.3, -0.25) is 4.98 Å². The van der Waals surface area contributed by atoms with Gasteiger partial charge in [0, 0.05) is 30.5 Å². The second-order valence-electron chi connectivity index (χ2n) is 8.80. The van der Waals surface area contributed by atoms with Crippen LogP contribution in [0.5, 0.6) is 5.75 Å². The van der Waals surface area contributed by atoms with E-state index in [1.54, 1.807) is 11.1 Å². The fraction of sp³-hybridized carbons (Fsp3) is 0.417. The maximum atomic E-state index is 12.5. The zero-order valence-corrected chi connectivity index (χ0v) is 18.4. The molecule has 1 N–H and O–H groups in total. The maximum absolute atomic E-state index is 12.5. The van der Waals surface area contributed by atoms with Crippen molar-refractivity contribution >= 4 is 17.0 Å². The van der Waals surface area contributed by atoms with Gasteiger partial charge in [0.1, 0.15) is 23.6 Å². The first-order chi connectivity index (χ1) is 14.8. The topological polar surface area (TPSA) is 76.7 Å². The number of morpholine rings is 1. The average molecular weight is 424 g/mol. The SMILES string of the molecule is C[C@@H](Oc1cc(-c2cc[nH]c2)cc2ncccc12)[C@@H]1CN(C(=O)OC(C)(C)C)CCO1. The molecule has 1 amide bonds. The summed E-state index contributed by atoms with van der Waals surface area (Å²) in [4.78, 5) is 21.8. The third kappa shape index (κ3) is 4.99. The Kier molecular flexibility index (Phi) is 5.87. The highest BCUT2D eigenvalue weighted by Crippen LogP contribution is 2.32. The Labute approximate surface area is 182 Å². The quantitative estimate of drug-likeness (QED) is 0.662. The van der Waals surface area contributed by atoms with Crippen LogP contribution in [0, 0.1) is 0 Å². The molecule has 1 aliphatic heterocycles. The molecule has 7 nitrogen and oxygen atoms in total. The summed E-state index contributed by atoms with van der Waals surface area (Å²) in [6.45, 7) is 8.94. The van der Waals surface area contributed by atoms with Crippen molar-refractivity contribution in [3.8, 4) is 16.9 Å². The molecule has 0 aliphatic carbocycles. The smallest absolute Gasteiger partial charge is 0.410 e. The number of nitrogens with zero attached hydrogens (tertiary/aromatic N) is 2. The number of carbonyl (C=O) groups is 1. The number of amides is 1. The van der Waals surface area contributed by atoms with Crippen molar-refractivity contribution in [3.05, 3.63) is 48.9 Å². The average Bonchev–Trinajstić information content (AvgIpc) is 3.27. The van der Waals surface area contributed by atoms with Gasteiger partial charge in [-0.2, -0.15) is 0 Å². The van der Waals surface area contributed by atoms with Gasteiger partial charge in [-0.15, -0.1) is 0 Å². The number of hydrogen-bond donors (Lipinski definition) is 1. The molecule has 1 saturated heterocycles. The van der Waals surface area contributed by atoms with Crippen LogP contribution in [0.25, 0.3) is 22.0 Å². The van der Waals surface area contributed by atoms with Gasteiger partial charge in [0.2, 0.25) is 0 Å². The third-order valence-electron chi connectivity index (χ3n) is 5.20. The van der Waals surface area contributed by atoms with Crippen molar-refractivity contribution in [2.45, 2.75) is 45.5 Å². The van der Waals surface area contributed by atoms with Gasteiger partial charge < -0.3 is 24.1 Å². The second-order valence-corrected chi connectivity index (χ2v) is 8.80. The minimum absolute atomic E-state index is 0.260. The number of nitrogens with one attached hydrogen (secondary N) is 1. The van der Waals surface area contributed by atoms with Crippen LogP contribution in [0.3, 0.4) is 0 Å². The number of aromatic nitrogens is 2. The van der Waals surface area contributed by atoms with Gasteiger partial charge in [0.15, 0.2) is 0 Å². The third-order valence-corrected chi connectivity index (χ3v) is 5.20. The van der Waals surface area contributed by atoms with Crippen LogP contribution < -0.4 is 4.74 Å². The van der Waals surface area contributed by atoms with E-state index in [1.807, 2.05) is 64.4 Å². The lowest BCUT2D eigenvalue weighted by atomic mass is 10.1. The number of ether oxygens (including phenoxy) is 3. The highest BCUT2D eigenvalue weighted by molar-refractivity contribution is 5.90. The van der Waals surface area contributed by atoms with Crippen LogP contribution >= 0.6 is 0 Å². The van der Waals surface area contributed by atoms with Crippen molar-refractivity contribution in [3.63, 3.8) is 0 Å². The van der Waals surface area contributed by atoms with Crippen LogP contribution in [-0.2, 0) is 9.47 Å². The van der Waals surface area contributed by atoms with E-state index in [2.05, 4.69) is 16.0 Å². The highest BCUT2D eigenvalue weighted by atomic mass is 16.6. The Balaban J connectivity index is 1.54. The van der Waals surface area contributed by atoms with E-state index < -0.39 is 5.60 Å². The largest absolute Gasteiger partial charge is 0.487 e. The number of fused-ring (bicyclic) bond motifs is 1. The number of H-pyrrole nitrogens is 1. The number of aromatic amines is 1. The van der Waals surface area contributed by atoms with Crippen LogP contribution in [0.2, 0.25) is 0 Å². The number of pyridine rings is 1. The van der Waals surface area contributed by atoms with E-state index in [0.29, 0.717) is 19.7 Å². The molecular formula is C24H29N3O4. The Morgan fingerprint density at radius 1 is 1.29 bits per heavy atom. The Hall–Kier alpha value is -3.06. The van der Waals surface area contributed by atoms with E-state index in [0.717, 1.165) is 27.8 Å². The summed E-state index contributed by atoms with van der Waals surface area (Å²) >= 11 is 0. The van der Waals surface area contributed by atoms with Crippen LogP contribution in [0.4, 0.5) is 4.79 Å². The lowest BCUT2D eigenvalue weighted by molar-refractivity contribution is -0.0775. The maximum Gasteiger partial charge on any atom is 0.410 e. The number of hydrogen-bond acceptors (Lipinski definition) is 5. The van der Waals surface area contributed by atoms with E-state index >= 15 is 0 Å². The molecule has 7 heteroatoms. The van der Waals surface area contributed by atoms with Gasteiger partial charge in [0.05, 0.1) is 18.7 Å². The van der Waals surface area contributed by atoms with Crippen molar-refractivity contribution < 1.29 is 19.0 Å². The zero-order chi connectivity index (χ0) is 22.0. The number of benzene rings is 1. The molecule has 2 atom stereocenters. The minimum Gasteiger partial charge on any atom is -0.487 e. The standard InChI is InChI=1S/C24H29N3O4/c1-16(22-15-27(10-11-29-22)23(28)31-24(2,3)4)30-21-13-18(17-7-9-25-14-17)12-20-19(21)6-5-8-26-20/h5-9,12-14,16,22,25H,10-11,15H2,1-4H3/t16-,22+/m1/s1. The van der Waals surface area contributed by atoms with Gasteiger partial charge >= 0.3 is 6.09 Å². The predicted octanol–water partition coefficient (Wildman–Crippen LogP) is 4.63. The molecule has 1 aliphatic rings. The molecule has 164 valence electrons. The first kappa shape index (κ1) is 21.2. The first-order valence-corrected chi connectivity index (χ1v) is 10.6. The van der Waals surface area contributed by atoms with E-state index in [9.17, 15) is 4.79 Å². The molecule has 1 fully saturated rings. The van der Waals surface area contributed by atoms with Crippen LogP contribution in [-0.4, -0.2) is 58.5 Å². The Bertz CT molecular complexity index is 1040. The van der Waals surface area contributed by atoms with E-state index in [4.69, 9.17) is 14.2 Å². The molecule has 3 heterocycles. The van der Waals surface area contributed by atoms with Gasteiger partial charge in [-0.25, -0.2) is 4.79 Å². The fourth-order valence-electron chi connectivity index (χ4n) is 3.64. The molecule has 0 bridgehead atoms. The second kappa shape index (κ2) is 8.59. The molecule has 0 radical (unpaired) electrons. The van der Waals surface area contributed by atoms with Crippen molar-refractivity contribution in [2.24, 2.45) is 0 Å².